The number of amides is 3. The predicted octanol–water partition coefficient (Wildman–Crippen LogP) is 3.75. The molecule has 0 heterocycles. The fourth-order valence-corrected chi connectivity index (χ4v) is 3.41. The van der Waals surface area contributed by atoms with E-state index < -0.39 is 11.8 Å². The lowest BCUT2D eigenvalue weighted by Gasteiger charge is -2.19. The molecule has 0 saturated carbocycles. The van der Waals surface area contributed by atoms with Crippen molar-refractivity contribution in [1.29, 1.82) is 0 Å². The molecule has 0 atom stereocenters. The normalized spacial score (nSPS) is 10.4. The first-order valence-corrected chi connectivity index (χ1v) is 9.69. The largest absolute Gasteiger partial charge is 0.343 e. The molecule has 0 radical (unpaired) electrons. The van der Waals surface area contributed by atoms with E-state index in [4.69, 9.17) is 23.2 Å². The summed E-state index contributed by atoms with van der Waals surface area (Å²) in [7, 11) is 1.50. The number of hydrogen-bond donors (Lipinski definition) is 2. The van der Waals surface area contributed by atoms with Crippen LogP contribution in [0.4, 0.5) is 5.69 Å². The van der Waals surface area contributed by atoms with Crippen LogP contribution in [-0.4, -0.2) is 42.8 Å². The number of aryl methyl sites for hydroxylation is 3. The molecule has 0 unspecified atom stereocenters. The highest BCUT2D eigenvalue weighted by atomic mass is 35.5. The Kier molecular flexibility index (Phi) is 7.65. The van der Waals surface area contributed by atoms with Gasteiger partial charge in [-0.05, 0) is 50.1 Å². The summed E-state index contributed by atoms with van der Waals surface area (Å²) in [6, 6.07) is 8.43. The molecule has 2 aromatic rings. The number of carbonyl (C=O) groups is 3. The molecule has 0 bridgehead atoms. The molecular formula is C21H23Cl2N3O3. The highest BCUT2D eigenvalue weighted by Crippen LogP contribution is 2.22. The fourth-order valence-electron chi connectivity index (χ4n) is 2.92. The van der Waals surface area contributed by atoms with Gasteiger partial charge in [0, 0.05) is 17.8 Å². The van der Waals surface area contributed by atoms with Gasteiger partial charge in [0.25, 0.3) is 5.91 Å². The summed E-state index contributed by atoms with van der Waals surface area (Å²) < 4.78 is 0. The Labute approximate surface area is 180 Å². The van der Waals surface area contributed by atoms with Crippen LogP contribution in [0.15, 0.2) is 30.3 Å². The summed E-state index contributed by atoms with van der Waals surface area (Å²) in [5, 5.41) is 5.95. The summed E-state index contributed by atoms with van der Waals surface area (Å²) in [6.45, 7) is 5.43. The van der Waals surface area contributed by atoms with Gasteiger partial charge in [0.1, 0.15) is 0 Å². The highest BCUT2D eigenvalue weighted by molar-refractivity contribution is 6.36. The zero-order valence-electron chi connectivity index (χ0n) is 16.7. The monoisotopic (exact) mass is 435 g/mol. The van der Waals surface area contributed by atoms with E-state index in [0.717, 1.165) is 22.4 Å². The quantitative estimate of drug-likeness (QED) is 0.724. The Balaban J connectivity index is 1.90. The van der Waals surface area contributed by atoms with Crippen molar-refractivity contribution in [3.05, 3.63) is 62.6 Å². The molecule has 0 fully saturated rings. The maximum absolute atomic E-state index is 12.3. The number of benzene rings is 2. The Hall–Kier alpha value is -2.57. The molecule has 0 saturated heterocycles. The fraction of sp³-hybridized carbons (Fsp3) is 0.286. The van der Waals surface area contributed by atoms with E-state index in [0.29, 0.717) is 5.02 Å². The zero-order valence-corrected chi connectivity index (χ0v) is 18.2. The van der Waals surface area contributed by atoms with Gasteiger partial charge in [0.05, 0.1) is 23.7 Å². The SMILES string of the molecule is Cc1cc(C)c(NC(=O)CN(C)C(=O)CNC(=O)c2ccc(Cl)cc2Cl)c(C)c1. The second kappa shape index (κ2) is 9.76. The standard InChI is InChI=1S/C21H23Cl2N3O3/c1-12-7-13(2)20(14(3)8-12)25-18(27)11-26(4)19(28)10-24-21(29)16-6-5-15(22)9-17(16)23/h5-9H,10-11H2,1-4H3,(H,24,29)(H,25,27). The van der Waals surface area contributed by atoms with Gasteiger partial charge in [0.2, 0.25) is 11.8 Å². The van der Waals surface area contributed by atoms with Crippen LogP contribution in [0.25, 0.3) is 0 Å². The minimum Gasteiger partial charge on any atom is -0.343 e. The minimum atomic E-state index is -0.497. The van der Waals surface area contributed by atoms with Crippen LogP contribution in [0.1, 0.15) is 27.0 Å². The first-order valence-electron chi connectivity index (χ1n) is 8.93. The van der Waals surface area contributed by atoms with Crippen molar-refractivity contribution in [3.63, 3.8) is 0 Å². The van der Waals surface area contributed by atoms with Gasteiger partial charge in [-0.15, -0.1) is 0 Å². The second-order valence-electron chi connectivity index (χ2n) is 6.88. The lowest BCUT2D eigenvalue weighted by Crippen LogP contribution is -2.41. The molecule has 6 nitrogen and oxygen atoms in total. The lowest BCUT2D eigenvalue weighted by molar-refractivity contribution is -0.132. The summed E-state index contributed by atoms with van der Waals surface area (Å²) in [5.41, 5.74) is 3.98. The lowest BCUT2D eigenvalue weighted by atomic mass is 10.1. The van der Waals surface area contributed by atoms with Crippen molar-refractivity contribution in [1.82, 2.24) is 10.2 Å². The number of halogens is 2. The molecule has 8 heteroatoms. The van der Waals surface area contributed by atoms with Crippen LogP contribution in [0.3, 0.4) is 0 Å². The van der Waals surface area contributed by atoms with E-state index >= 15 is 0 Å². The number of anilines is 1. The number of nitrogens with zero attached hydrogens (tertiary/aromatic N) is 1. The third-order valence-electron chi connectivity index (χ3n) is 4.32. The molecule has 29 heavy (non-hydrogen) atoms. The third-order valence-corrected chi connectivity index (χ3v) is 4.87. The van der Waals surface area contributed by atoms with E-state index in [1.54, 1.807) is 0 Å². The Bertz CT molecular complexity index is 937. The van der Waals surface area contributed by atoms with Crippen LogP contribution in [0, 0.1) is 20.8 Å². The van der Waals surface area contributed by atoms with Crippen molar-refractivity contribution in [2.45, 2.75) is 20.8 Å². The van der Waals surface area contributed by atoms with E-state index in [9.17, 15) is 14.4 Å². The summed E-state index contributed by atoms with van der Waals surface area (Å²) in [4.78, 5) is 38.0. The minimum absolute atomic E-state index is 0.136. The molecule has 2 N–H and O–H groups in total. The van der Waals surface area contributed by atoms with Crippen molar-refractivity contribution >= 4 is 46.6 Å². The van der Waals surface area contributed by atoms with Crippen molar-refractivity contribution in [2.75, 3.05) is 25.5 Å². The number of nitrogens with one attached hydrogen (secondary N) is 2. The Morgan fingerprint density at radius 3 is 2.21 bits per heavy atom. The maximum atomic E-state index is 12.3. The molecule has 2 rings (SSSR count). The summed E-state index contributed by atoms with van der Waals surface area (Å²) >= 11 is 11.8. The van der Waals surface area contributed by atoms with E-state index in [-0.39, 0.29) is 29.6 Å². The van der Waals surface area contributed by atoms with Gasteiger partial charge in [-0.1, -0.05) is 40.9 Å². The van der Waals surface area contributed by atoms with E-state index in [2.05, 4.69) is 10.6 Å². The molecule has 2 aromatic carbocycles. The molecule has 3 amide bonds. The summed E-state index contributed by atoms with van der Waals surface area (Å²) in [6.07, 6.45) is 0. The van der Waals surface area contributed by atoms with Crippen LogP contribution >= 0.6 is 23.2 Å². The van der Waals surface area contributed by atoms with Gasteiger partial charge in [-0.2, -0.15) is 0 Å². The van der Waals surface area contributed by atoms with Gasteiger partial charge >= 0.3 is 0 Å². The van der Waals surface area contributed by atoms with Gasteiger partial charge in [0.15, 0.2) is 0 Å². The van der Waals surface area contributed by atoms with Crippen molar-refractivity contribution in [2.24, 2.45) is 0 Å². The van der Waals surface area contributed by atoms with Crippen molar-refractivity contribution in [3.8, 4) is 0 Å². The highest BCUT2D eigenvalue weighted by Gasteiger charge is 2.17. The third kappa shape index (κ3) is 6.21. The molecule has 0 aromatic heterocycles. The van der Waals surface area contributed by atoms with Crippen LogP contribution in [0.2, 0.25) is 10.0 Å². The molecular weight excluding hydrogens is 413 g/mol. The van der Waals surface area contributed by atoms with Crippen molar-refractivity contribution < 1.29 is 14.4 Å². The molecule has 0 spiro atoms. The second-order valence-corrected chi connectivity index (χ2v) is 7.72. The van der Waals surface area contributed by atoms with Crippen LogP contribution < -0.4 is 10.6 Å². The van der Waals surface area contributed by atoms with Gasteiger partial charge < -0.3 is 15.5 Å². The van der Waals surface area contributed by atoms with Crippen LogP contribution in [-0.2, 0) is 9.59 Å². The Morgan fingerprint density at radius 1 is 1.00 bits per heavy atom. The summed E-state index contributed by atoms with van der Waals surface area (Å²) in [5.74, 6) is -1.22. The number of hydrogen-bond acceptors (Lipinski definition) is 3. The maximum Gasteiger partial charge on any atom is 0.253 e. The zero-order chi connectivity index (χ0) is 21.7. The Morgan fingerprint density at radius 2 is 1.62 bits per heavy atom. The molecule has 154 valence electrons. The van der Waals surface area contributed by atoms with Gasteiger partial charge in [-0.3, -0.25) is 14.4 Å². The first-order chi connectivity index (χ1) is 13.6. The number of carbonyl (C=O) groups excluding carboxylic acids is 3. The predicted molar refractivity (Wildman–Crippen MR) is 116 cm³/mol. The first kappa shape index (κ1) is 22.7. The average Bonchev–Trinajstić information content (AvgIpc) is 2.62. The average molecular weight is 436 g/mol. The van der Waals surface area contributed by atoms with E-state index in [1.807, 2.05) is 32.9 Å². The van der Waals surface area contributed by atoms with Crippen LogP contribution in [0.5, 0.6) is 0 Å². The number of rotatable bonds is 6. The molecule has 0 aliphatic carbocycles. The van der Waals surface area contributed by atoms with E-state index in [1.165, 1.54) is 30.1 Å². The number of likely N-dealkylation sites (N-methyl/N-ethyl adjacent to an activating group) is 1. The molecule has 0 aliphatic heterocycles. The molecule has 0 aliphatic rings. The smallest absolute Gasteiger partial charge is 0.253 e. The topological polar surface area (TPSA) is 78.5 Å². The van der Waals surface area contributed by atoms with Gasteiger partial charge in [-0.25, -0.2) is 0 Å².